The smallest absolute Gasteiger partial charge is 0.417 e. The van der Waals surface area contributed by atoms with Crippen molar-refractivity contribution in [1.82, 2.24) is 14.8 Å². The van der Waals surface area contributed by atoms with Crippen molar-refractivity contribution in [3.63, 3.8) is 0 Å². The van der Waals surface area contributed by atoms with E-state index in [0.717, 1.165) is 17.2 Å². The van der Waals surface area contributed by atoms with Gasteiger partial charge in [-0.05, 0) is 18.1 Å². The second-order valence-electron chi connectivity index (χ2n) is 5.97. The van der Waals surface area contributed by atoms with Gasteiger partial charge >= 0.3 is 18.3 Å². The second kappa shape index (κ2) is 7.46. The third-order valence-electron chi connectivity index (χ3n) is 3.59. The Labute approximate surface area is 159 Å². The number of aliphatic carboxylic acids is 1. The van der Waals surface area contributed by atoms with Gasteiger partial charge in [0, 0.05) is 11.8 Å². The van der Waals surface area contributed by atoms with E-state index in [-0.39, 0.29) is 5.57 Å². The normalized spacial score (nSPS) is 13.3. The standard InChI is InChI=1S/C16H12ClF6N3O2/c1-7(2)9(14(27)28)5-26-6-24-13(25-26)8-3-10(15(18,19)20)12(17)11(4-8)16(21,22)23/h3-7H,1-2H3,(H,27,28)/b9-5-. The molecule has 0 aliphatic rings. The van der Waals surface area contributed by atoms with Crippen LogP contribution in [-0.2, 0) is 17.1 Å². The highest BCUT2D eigenvalue weighted by atomic mass is 35.5. The van der Waals surface area contributed by atoms with Crippen molar-refractivity contribution in [2.45, 2.75) is 26.2 Å². The van der Waals surface area contributed by atoms with Gasteiger partial charge in [-0.3, -0.25) is 0 Å². The number of nitrogens with zero attached hydrogens (tertiary/aromatic N) is 3. The summed E-state index contributed by atoms with van der Waals surface area (Å²) in [7, 11) is 0. The summed E-state index contributed by atoms with van der Waals surface area (Å²) in [5.74, 6) is -2.14. The zero-order valence-corrected chi connectivity index (χ0v) is 15.0. The van der Waals surface area contributed by atoms with Gasteiger partial charge < -0.3 is 5.11 Å². The fraction of sp³-hybridized carbons (Fsp3) is 0.312. The first kappa shape index (κ1) is 21.7. The summed E-state index contributed by atoms with van der Waals surface area (Å²) in [6.07, 6.45) is -8.24. The summed E-state index contributed by atoms with van der Waals surface area (Å²) in [4.78, 5) is 14.8. The second-order valence-corrected chi connectivity index (χ2v) is 6.35. The van der Waals surface area contributed by atoms with Crippen molar-refractivity contribution in [3.05, 3.63) is 40.2 Å². The summed E-state index contributed by atoms with van der Waals surface area (Å²) in [5.41, 5.74) is -4.02. The fourth-order valence-electron chi connectivity index (χ4n) is 2.23. The van der Waals surface area contributed by atoms with Gasteiger partial charge in [-0.25, -0.2) is 14.5 Å². The van der Waals surface area contributed by atoms with Gasteiger partial charge in [0.25, 0.3) is 0 Å². The molecular formula is C16H12ClF6N3O2. The first-order valence-corrected chi connectivity index (χ1v) is 7.94. The molecule has 0 atom stereocenters. The van der Waals surface area contributed by atoms with Crippen LogP contribution in [0.5, 0.6) is 0 Å². The summed E-state index contributed by atoms with van der Waals surface area (Å²) in [5, 5.41) is 11.4. The van der Waals surface area contributed by atoms with E-state index in [1.54, 1.807) is 13.8 Å². The van der Waals surface area contributed by atoms with Crippen molar-refractivity contribution in [2.75, 3.05) is 0 Å². The van der Waals surface area contributed by atoms with Crippen LogP contribution in [-0.4, -0.2) is 25.8 Å². The Morgan fingerprint density at radius 2 is 1.64 bits per heavy atom. The van der Waals surface area contributed by atoms with E-state index in [9.17, 15) is 31.1 Å². The minimum Gasteiger partial charge on any atom is -0.478 e. The quantitative estimate of drug-likeness (QED) is 0.536. The molecule has 0 amide bonds. The number of hydrogen-bond acceptors (Lipinski definition) is 3. The van der Waals surface area contributed by atoms with Crippen LogP contribution in [0.4, 0.5) is 26.3 Å². The molecule has 2 rings (SSSR count). The topological polar surface area (TPSA) is 68.0 Å². The van der Waals surface area contributed by atoms with Crippen LogP contribution in [0.25, 0.3) is 17.6 Å². The van der Waals surface area contributed by atoms with E-state index in [1.165, 1.54) is 0 Å². The highest BCUT2D eigenvalue weighted by Crippen LogP contribution is 2.44. The number of hydrogen-bond donors (Lipinski definition) is 1. The number of benzene rings is 1. The summed E-state index contributed by atoms with van der Waals surface area (Å²) < 4.78 is 79.5. The minimum atomic E-state index is -5.14. The molecule has 0 saturated carbocycles. The molecule has 5 nitrogen and oxygen atoms in total. The molecule has 1 aromatic carbocycles. The van der Waals surface area contributed by atoms with E-state index < -0.39 is 51.8 Å². The molecule has 0 bridgehead atoms. The first-order chi connectivity index (χ1) is 12.7. The number of carboxylic acids is 1. The Kier molecular flexibility index (Phi) is 5.79. The van der Waals surface area contributed by atoms with Gasteiger partial charge in [-0.15, -0.1) is 5.10 Å². The van der Waals surface area contributed by atoms with Gasteiger partial charge in [0.05, 0.1) is 21.7 Å². The van der Waals surface area contributed by atoms with Gasteiger partial charge in [0.2, 0.25) is 0 Å². The molecule has 0 unspecified atom stereocenters. The Morgan fingerprint density at radius 3 is 2.04 bits per heavy atom. The van der Waals surface area contributed by atoms with Crippen molar-refractivity contribution in [3.8, 4) is 11.4 Å². The average molecular weight is 428 g/mol. The number of carbonyl (C=O) groups is 1. The lowest BCUT2D eigenvalue weighted by atomic mass is 10.0. The van der Waals surface area contributed by atoms with Crippen LogP contribution in [0.3, 0.4) is 0 Å². The van der Waals surface area contributed by atoms with Crippen LogP contribution < -0.4 is 0 Å². The number of aromatic nitrogens is 3. The summed E-state index contributed by atoms with van der Waals surface area (Å²) >= 11 is 5.32. The van der Waals surface area contributed by atoms with Crippen molar-refractivity contribution in [2.24, 2.45) is 5.92 Å². The number of halogens is 7. The van der Waals surface area contributed by atoms with Crippen LogP contribution >= 0.6 is 11.6 Å². The Bertz CT molecular complexity index is 896. The van der Waals surface area contributed by atoms with Gasteiger partial charge in [0.1, 0.15) is 6.33 Å². The minimum absolute atomic E-state index is 0.0838. The lowest BCUT2D eigenvalue weighted by Gasteiger charge is -2.16. The molecular weight excluding hydrogens is 416 g/mol. The van der Waals surface area contributed by atoms with E-state index in [4.69, 9.17) is 16.7 Å². The maximum absolute atomic E-state index is 13.1. The summed E-state index contributed by atoms with van der Waals surface area (Å²) in [6, 6.07) is 0.809. The third kappa shape index (κ3) is 4.64. The third-order valence-corrected chi connectivity index (χ3v) is 4.00. The molecule has 12 heteroatoms. The van der Waals surface area contributed by atoms with E-state index in [2.05, 4.69) is 10.1 Å². The number of carboxylic acid groups (broad SMARTS) is 1. The fourth-order valence-corrected chi connectivity index (χ4v) is 2.55. The Hall–Kier alpha value is -2.56. The van der Waals surface area contributed by atoms with Crippen LogP contribution in [0, 0.1) is 5.92 Å². The molecule has 28 heavy (non-hydrogen) atoms. The molecule has 1 heterocycles. The predicted molar refractivity (Wildman–Crippen MR) is 87.2 cm³/mol. The lowest BCUT2D eigenvalue weighted by Crippen LogP contribution is -2.13. The van der Waals surface area contributed by atoms with Crippen LogP contribution in [0.2, 0.25) is 5.02 Å². The van der Waals surface area contributed by atoms with Crippen LogP contribution in [0.1, 0.15) is 25.0 Å². The maximum atomic E-state index is 13.1. The number of rotatable bonds is 4. The molecule has 0 radical (unpaired) electrons. The molecule has 0 aliphatic carbocycles. The Morgan fingerprint density at radius 1 is 1.14 bits per heavy atom. The maximum Gasteiger partial charge on any atom is 0.417 e. The summed E-state index contributed by atoms with van der Waals surface area (Å²) in [6.45, 7) is 3.17. The van der Waals surface area contributed by atoms with Gasteiger partial charge in [-0.2, -0.15) is 26.3 Å². The van der Waals surface area contributed by atoms with Gasteiger partial charge in [-0.1, -0.05) is 25.4 Å². The molecule has 152 valence electrons. The molecule has 1 N–H and O–H groups in total. The molecule has 1 aromatic heterocycles. The van der Waals surface area contributed by atoms with Crippen molar-refractivity contribution in [1.29, 1.82) is 0 Å². The van der Waals surface area contributed by atoms with E-state index in [0.29, 0.717) is 12.1 Å². The molecule has 2 aromatic rings. The SMILES string of the molecule is CC(C)/C(=C/n1cnc(-c2cc(C(F)(F)F)c(Cl)c(C(F)(F)F)c2)n1)C(=O)O. The molecule has 0 aliphatic heterocycles. The van der Waals surface area contributed by atoms with Crippen molar-refractivity contribution < 1.29 is 36.2 Å². The van der Waals surface area contributed by atoms with Crippen molar-refractivity contribution >= 4 is 23.8 Å². The molecule has 0 fully saturated rings. The first-order valence-electron chi connectivity index (χ1n) is 7.56. The molecule has 0 saturated heterocycles. The monoisotopic (exact) mass is 427 g/mol. The highest BCUT2D eigenvalue weighted by Gasteiger charge is 2.41. The molecule has 0 spiro atoms. The highest BCUT2D eigenvalue weighted by molar-refractivity contribution is 6.32. The predicted octanol–water partition coefficient (Wildman–Crippen LogP) is 5.22. The van der Waals surface area contributed by atoms with Crippen LogP contribution in [0.15, 0.2) is 24.0 Å². The average Bonchev–Trinajstić information content (AvgIpc) is 2.98. The zero-order valence-electron chi connectivity index (χ0n) is 14.2. The number of alkyl halides is 6. The largest absolute Gasteiger partial charge is 0.478 e. The van der Waals surface area contributed by atoms with E-state index in [1.807, 2.05) is 0 Å². The Balaban J connectivity index is 2.62. The zero-order chi connectivity index (χ0) is 21.4. The lowest BCUT2D eigenvalue weighted by molar-refractivity contribution is -0.143. The van der Waals surface area contributed by atoms with Gasteiger partial charge in [0.15, 0.2) is 5.82 Å². The van der Waals surface area contributed by atoms with E-state index >= 15 is 0 Å².